The van der Waals surface area contributed by atoms with Gasteiger partial charge in [-0.15, -0.1) is 0 Å². The van der Waals surface area contributed by atoms with Crippen LogP contribution in [-0.4, -0.2) is 6.61 Å². The highest BCUT2D eigenvalue weighted by Crippen LogP contribution is 2.17. The van der Waals surface area contributed by atoms with Gasteiger partial charge in [0, 0.05) is 14.5 Å². The second-order valence-electron chi connectivity index (χ2n) is 3.56. The fourth-order valence-electron chi connectivity index (χ4n) is 1.38. The summed E-state index contributed by atoms with van der Waals surface area (Å²) < 4.78 is 7.55. The first-order valence-electron chi connectivity index (χ1n) is 5.37. The Labute approximate surface area is 123 Å². The lowest BCUT2D eigenvalue weighted by atomic mass is 10.2. The van der Waals surface area contributed by atoms with Crippen LogP contribution >= 0.6 is 31.9 Å². The van der Waals surface area contributed by atoms with Crippen LogP contribution in [-0.2, 0) is 0 Å². The molecule has 0 N–H and O–H groups in total. The molecule has 1 nitrogen and oxygen atoms in total. The first kappa shape index (κ1) is 13.2. The lowest BCUT2D eigenvalue weighted by Crippen LogP contribution is -1.93. The molecule has 0 aromatic heterocycles. The molecule has 0 aliphatic carbocycles. The zero-order chi connectivity index (χ0) is 12.8. The van der Waals surface area contributed by atoms with E-state index in [9.17, 15) is 0 Å². The molecule has 2 aromatic rings. The Morgan fingerprint density at radius 2 is 1.67 bits per heavy atom. The van der Waals surface area contributed by atoms with Gasteiger partial charge in [-0.1, -0.05) is 55.8 Å². The van der Waals surface area contributed by atoms with Gasteiger partial charge in [-0.05, 0) is 36.4 Å². The van der Waals surface area contributed by atoms with Crippen LogP contribution in [0.25, 0.3) is 0 Å². The molecule has 2 rings (SSSR count). The topological polar surface area (TPSA) is 9.23 Å². The predicted octanol–water partition coefficient (Wildman–Crippen LogP) is 4.64. The van der Waals surface area contributed by atoms with E-state index in [4.69, 9.17) is 4.74 Å². The Hall–Kier alpha value is -1.24. The van der Waals surface area contributed by atoms with Crippen LogP contribution in [0, 0.1) is 11.8 Å². The summed E-state index contributed by atoms with van der Waals surface area (Å²) in [5.41, 5.74) is 0.974. The maximum Gasteiger partial charge on any atom is 0.149 e. The monoisotopic (exact) mass is 364 g/mol. The van der Waals surface area contributed by atoms with Crippen molar-refractivity contribution < 1.29 is 4.74 Å². The average molecular weight is 366 g/mol. The third-order valence-corrected chi connectivity index (χ3v) is 3.15. The minimum Gasteiger partial charge on any atom is -0.481 e. The van der Waals surface area contributed by atoms with E-state index in [-0.39, 0.29) is 0 Å². The number of hydrogen-bond acceptors (Lipinski definition) is 1. The van der Waals surface area contributed by atoms with Gasteiger partial charge in [0.2, 0.25) is 0 Å². The largest absolute Gasteiger partial charge is 0.481 e. The summed E-state index contributed by atoms with van der Waals surface area (Å²) in [4.78, 5) is 0. The molecular weight excluding hydrogens is 356 g/mol. The van der Waals surface area contributed by atoms with E-state index in [1.807, 2.05) is 48.5 Å². The van der Waals surface area contributed by atoms with Crippen LogP contribution < -0.4 is 4.74 Å². The molecule has 3 heteroatoms. The molecule has 0 saturated carbocycles. The lowest BCUT2D eigenvalue weighted by molar-refractivity contribution is 0.370. The lowest BCUT2D eigenvalue weighted by Gasteiger charge is -2.01. The Morgan fingerprint density at radius 1 is 0.944 bits per heavy atom. The van der Waals surface area contributed by atoms with Crippen molar-refractivity contribution in [2.24, 2.45) is 0 Å². The van der Waals surface area contributed by atoms with Crippen molar-refractivity contribution in [2.75, 3.05) is 6.61 Å². The molecular formula is C15H10Br2O. The molecule has 0 aliphatic heterocycles. The standard InChI is InChI=1S/C15H10Br2O/c16-13-6-1-4-12(10-13)5-3-9-18-15-8-2-7-14(17)11-15/h1-2,4,6-8,10-11H,9H2. The van der Waals surface area contributed by atoms with Crippen molar-refractivity contribution in [3.8, 4) is 17.6 Å². The summed E-state index contributed by atoms with van der Waals surface area (Å²) in [6.45, 7) is 0.378. The van der Waals surface area contributed by atoms with Crippen molar-refractivity contribution in [2.45, 2.75) is 0 Å². The van der Waals surface area contributed by atoms with Crippen LogP contribution in [0.15, 0.2) is 57.5 Å². The smallest absolute Gasteiger partial charge is 0.149 e. The normalized spacial score (nSPS) is 9.44. The maximum atomic E-state index is 5.52. The highest BCUT2D eigenvalue weighted by molar-refractivity contribution is 9.10. The van der Waals surface area contributed by atoms with Crippen LogP contribution in [0.5, 0.6) is 5.75 Å². The number of hydrogen-bond donors (Lipinski definition) is 0. The second-order valence-corrected chi connectivity index (χ2v) is 5.39. The Morgan fingerprint density at radius 3 is 2.39 bits per heavy atom. The zero-order valence-corrected chi connectivity index (χ0v) is 12.7. The van der Waals surface area contributed by atoms with Gasteiger partial charge in [0.25, 0.3) is 0 Å². The maximum absolute atomic E-state index is 5.52. The SMILES string of the molecule is Brc1cccc(C#CCOc2cccc(Br)c2)c1. The highest BCUT2D eigenvalue weighted by atomic mass is 79.9. The van der Waals surface area contributed by atoms with E-state index in [0.717, 1.165) is 20.3 Å². The Balaban J connectivity index is 1.93. The quantitative estimate of drug-likeness (QED) is 0.704. The molecule has 0 spiro atoms. The zero-order valence-electron chi connectivity index (χ0n) is 9.49. The molecule has 0 atom stereocenters. The van der Waals surface area contributed by atoms with Gasteiger partial charge < -0.3 is 4.74 Å². The van der Waals surface area contributed by atoms with Crippen LogP contribution in [0.1, 0.15) is 5.56 Å². The molecule has 18 heavy (non-hydrogen) atoms. The number of ether oxygens (including phenoxy) is 1. The predicted molar refractivity (Wildman–Crippen MR) is 80.7 cm³/mol. The van der Waals surface area contributed by atoms with Gasteiger partial charge in [-0.25, -0.2) is 0 Å². The van der Waals surface area contributed by atoms with Gasteiger partial charge in [-0.2, -0.15) is 0 Å². The number of rotatable bonds is 2. The summed E-state index contributed by atoms with van der Waals surface area (Å²) >= 11 is 6.81. The summed E-state index contributed by atoms with van der Waals surface area (Å²) in [6, 6.07) is 15.6. The van der Waals surface area contributed by atoms with E-state index in [1.165, 1.54) is 0 Å². The van der Waals surface area contributed by atoms with Crippen LogP contribution in [0.3, 0.4) is 0 Å². The summed E-state index contributed by atoms with van der Waals surface area (Å²) in [5, 5.41) is 0. The van der Waals surface area contributed by atoms with Crippen molar-refractivity contribution in [1.82, 2.24) is 0 Å². The van der Waals surface area contributed by atoms with Crippen molar-refractivity contribution in [3.05, 3.63) is 63.0 Å². The molecule has 0 fully saturated rings. The molecule has 0 saturated heterocycles. The van der Waals surface area contributed by atoms with Crippen molar-refractivity contribution in [3.63, 3.8) is 0 Å². The summed E-state index contributed by atoms with van der Waals surface area (Å²) in [7, 11) is 0. The van der Waals surface area contributed by atoms with Crippen LogP contribution in [0.2, 0.25) is 0 Å². The highest BCUT2D eigenvalue weighted by Gasteiger charge is 1.92. The summed E-state index contributed by atoms with van der Waals surface area (Å²) in [5.74, 6) is 6.85. The molecule has 0 heterocycles. The van der Waals surface area contributed by atoms with E-state index < -0.39 is 0 Å². The van der Waals surface area contributed by atoms with E-state index in [1.54, 1.807) is 0 Å². The molecule has 90 valence electrons. The van der Waals surface area contributed by atoms with Gasteiger partial charge in [0.05, 0.1) is 0 Å². The second kappa shape index (κ2) is 6.63. The Bertz CT molecular complexity index is 597. The van der Waals surface area contributed by atoms with Crippen LogP contribution in [0.4, 0.5) is 0 Å². The molecule has 2 aromatic carbocycles. The molecule has 0 radical (unpaired) electrons. The first-order chi connectivity index (χ1) is 8.74. The fourth-order valence-corrected chi connectivity index (χ4v) is 2.16. The van der Waals surface area contributed by atoms with E-state index in [2.05, 4.69) is 43.7 Å². The van der Waals surface area contributed by atoms with E-state index in [0.29, 0.717) is 6.61 Å². The van der Waals surface area contributed by atoms with Gasteiger partial charge >= 0.3 is 0 Å². The Kier molecular flexibility index (Phi) is 4.86. The van der Waals surface area contributed by atoms with Gasteiger partial charge in [0.1, 0.15) is 12.4 Å². The van der Waals surface area contributed by atoms with Crippen molar-refractivity contribution >= 4 is 31.9 Å². The van der Waals surface area contributed by atoms with Crippen molar-refractivity contribution in [1.29, 1.82) is 0 Å². The van der Waals surface area contributed by atoms with E-state index >= 15 is 0 Å². The van der Waals surface area contributed by atoms with Gasteiger partial charge in [-0.3, -0.25) is 0 Å². The molecule has 0 amide bonds. The number of halogens is 2. The summed E-state index contributed by atoms with van der Waals surface area (Å²) in [6.07, 6.45) is 0. The minimum atomic E-state index is 0.378. The molecule has 0 aliphatic rings. The number of benzene rings is 2. The average Bonchev–Trinajstić information content (AvgIpc) is 2.35. The van der Waals surface area contributed by atoms with Gasteiger partial charge in [0.15, 0.2) is 0 Å². The third-order valence-electron chi connectivity index (χ3n) is 2.16. The fraction of sp³-hybridized carbons (Fsp3) is 0.0667. The molecule has 0 unspecified atom stereocenters. The third kappa shape index (κ3) is 4.21. The minimum absolute atomic E-state index is 0.378. The molecule has 0 bridgehead atoms. The first-order valence-corrected chi connectivity index (χ1v) is 6.95.